The average Bonchev–Trinajstić information content (AvgIpc) is 2.67. The smallest absolute Gasteiger partial charge is 0.203 e. The third-order valence-electron chi connectivity index (χ3n) is 1.55. The minimum absolute atomic E-state index is 0.0793. The molecule has 1 aromatic carbocycles. The zero-order chi connectivity index (χ0) is 11.0. The molecule has 1 aromatic rings. The number of fused-ring (bicyclic) bond motifs is 1. The summed E-state index contributed by atoms with van der Waals surface area (Å²) in [5.74, 6) is 0.795. The second kappa shape index (κ2) is 7.13. The van der Waals surface area contributed by atoms with Gasteiger partial charge in [-0.15, -0.1) is 0 Å². The molecule has 0 N–H and O–H groups in total. The molecule has 0 saturated carbocycles. The van der Waals surface area contributed by atoms with Crippen molar-refractivity contribution in [3.05, 3.63) is 29.8 Å². The van der Waals surface area contributed by atoms with Crippen molar-refractivity contribution in [2.45, 2.75) is 27.7 Å². The standard InChI is InChI=1S/C8H6O2.2C2H6/c9-7-5-10-8-4-2-1-3-6(7)8;2*1-2/h1-4H,5H2;2*1-2H3. The Morgan fingerprint density at radius 2 is 1.64 bits per heavy atom. The zero-order valence-electron chi connectivity index (χ0n) is 9.33. The molecule has 0 fully saturated rings. The first kappa shape index (κ1) is 12.7. The summed E-state index contributed by atoms with van der Waals surface area (Å²) in [5.41, 5.74) is 0.711. The van der Waals surface area contributed by atoms with Crippen LogP contribution in [0.25, 0.3) is 0 Å². The van der Waals surface area contributed by atoms with Gasteiger partial charge in [0.25, 0.3) is 0 Å². The highest BCUT2D eigenvalue weighted by molar-refractivity contribution is 6.02. The molecule has 0 radical (unpaired) electrons. The van der Waals surface area contributed by atoms with E-state index in [1.165, 1.54) is 0 Å². The Hall–Kier alpha value is -1.31. The highest BCUT2D eigenvalue weighted by Crippen LogP contribution is 2.23. The minimum Gasteiger partial charge on any atom is -0.485 e. The molecule has 78 valence electrons. The van der Waals surface area contributed by atoms with Crippen molar-refractivity contribution in [1.82, 2.24) is 0 Å². The van der Waals surface area contributed by atoms with Crippen LogP contribution in [0, 0.1) is 0 Å². The molecule has 0 unspecified atom stereocenters. The van der Waals surface area contributed by atoms with E-state index in [2.05, 4.69) is 0 Å². The van der Waals surface area contributed by atoms with Gasteiger partial charge in [-0.1, -0.05) is 39.8 Å². The molecule has 0 aliphatic carbocycles. The molecule has 0 saturated heterocycles. The molecule has 0 spiro atoms. The molecular weight excluding hydrogens is 176 g/mol. The number of ketones is 1. The van der Waals surface area contributed by atoms with Crippen LogP contribution in [0.15, 0.2) is 24.3 Å². The lowest BCUT2D eigenvalue weighted by atomic mass is 10.2. The summed E-state index contributed by atoms with van der Waals surface area (Å²) in [5, 5.41) is 0. The summed E-state index contributed by atoms with van der Waals surface area (Å²) in [6, 6.07) is 7.29. The van der Waals surface area contributed by atoms with Crippen LogP contribution < -0.4 is 4.74 Å². The fraction of sp³-hybridized carbons (Fsp3) is 0.417. The van der Waals surface area contributed by atoms with Gasteiger partial charge in [0.05, 0.1) is 5.56 Å². The first-order valence-corrected chi connectivity index (χ1v) is 5.13. The number of carbonyl (C=O) groups excluding carboxylic acids is 1. The maximum absolute atomic E-state index is 10.9. The van der Waals surface area contributed by atoms with Crippen LogP contribution in [-0.2, 0) is 0 Å². The number of rotatable bonds is 0. The zero-order valence-corrected chi connectivity index (χ0v) is 9.33. The molecule has 2 nitrogen and oxygen atoms in total. The normalized spacial score (nSPS) is 11.3. The van der Waals surface area contributed by atoms with Gasteiger partial charge >= 0.3 is 0 Å². The summed E-state index contributed by atoms with van der Waals surface area (Å²) in [6.07, 6.45) is 0. The second-order valence-electron chi connectivity index (χ2n) is 2.21. The van der Waals surface area contributed by atoms with Gasteiger partial charge in [0, 0.05) is 0 Å². The van der Waals surface area contributed by atoms with Crippen molar-refractivity contribution >= 4 is 5.78 Å². The monoisotopic (exact) mass is 194 g/mol. The van der Waals surface area contributed by atoms with Gasteiger partial charge in [-0.05, 0) is 12.1 Å². The van der Waals surface area contributed by atoms with E-state index in [9.17, 15) is 4.79 Å². The van der Waals surface area contributed by atoms with Gasteiger partial charge in [0.15, 0.2) is 6.61 Å². The molecule has 0 bridgehead atoms. The molecule has 1 heterocycles. The first-order chi connectivity index (χ1) is 6.88. The molecule has 0 aromatic heterocycles. The van der Waals surface area contributed by atoms with Gasteiger partial charge in [-0.3, -0.25) is 4.79 Å². The van der Waals surface area contributed by atoms with E-state index in [1.54, 1.807) is 12.1 Å². The number of ether oxygens (including phenoxy) is 1. The van der Waals surface area contributed by atoms with Crippen LogP contribution in [-0.4, -0.2) is 12.4 Å². The Balaban J connectivity index is 0.000000379. The molecule has 0 atom stereocenters. The van der Waals surface area contributed by atoms with E-state index in [0.29, 0.717) is 11.3 Å². The minimum atomic E-state index is 0.0793. The van der Waals surface area contributed by atoms with E-state index in [4.69, 9.17) is 4.74 Å². The molecular formula is C12H18O2. The van der Waals surface area contributed by atoms with Crippen LogP contribution >= 0.6 is 0 Å². The van der Waals surface area contributed by atoms with Crippen LogP contribution in [0.2, 0.25) is 0 Å². The van der Waals surface area contributed by atoms with E-state index in [1.807, 2.05) is 39.8 Å². The maximum Gasteiger partial charge on any atom is 0.203 e. The number of para-hydroxylation sites is 1. The van der Waals surface area contributed by atoms with Crippen molar-refractivity contribution in [1.29, 1.82) is 0 Å². The number of Topliss-reactive ketones (excluding diaryl/α,β-unsaturated/α-hetero) is 1. The predicted molar refractivity (Wildman–Crippen MR) is 59.0 cm³/mol. The topological polar surface area (TPSA) is 26.3 Å². The third-order valence-corrected chi connectivity index (χ3v) is 1.55. The Kier molecular flexibility index (Phi) is 6.46. The van der Waals surface area contributed by atoms with E-state index < -0.39 is 0 Å². The van der Waals surface area contributed by atoms with E-state index in [-0.39, 0.29) is 12.4 Å². The van der Waals surface area contributed by atoms with Crippen molar-refractivity contribution in [3.63, 3.8) is 0 Å². The van der Waals surface area contributed by atoms with Crippen molar-refractivity contribution < 1.29 is 9.53 Å². The Morgan fingerprint density at radius 3 is 2.21 bits per heavy atom. The Morgan fingerprint density at radius 1 is 1.07 bits per heavy atom. The van der Waals surface area contributed by atoms with Crippen LogP contribution in [0.3, 0.4) is 0 Å². The number of carbonyl (C=O) groups is 1. The molecule has 2 heteroatoms. The van der Waals surface area contributed by atoms with Crippen molar-refractivity contribution in [2.75, 3.05) is 6.61 Å². The van der Waals surface area contributed by atoms with Gasteiger partial charge in [0.1, 0.15) is 5.75 Å². The lowest BCUT2D eigenvalue weighted by Gasteiger charge is -1.92. The highest BCUT2D eigenvalue weighted by atomic mass is 16.5. The van der Waals surface area contributed by atoms with Crippen LogP contribution in [0.1, 0.15) is 38.1 Å². The molecule has 0 amide bonds. The van der Waals surface area contributed by atoms with E-state index >= 15 is 0 Å². The van der Waals surface area contributed by atoms with Crippen LogP contribution in [0.5, 0.6) is 5.75 Å². The number of benzene rings is 1. The fourth-order valence-corrected chi connectivity index (χ4v) is 1.04. The average molecular weight is 194 g/mol. The summed E-state index contributed by atoms with van der Waals surface area (Å²) in [4.78, 5) is 10.9. The fourth-order valence-electron chi connectivity index (χ4n) is 1.04. The lowest BCUT2D eigenvalue weighted by Crippen LogP contribution is -1.98. The maximum atomic E-state index is 10.9. The van der Waals surface area contributed by atoms with Gasteiger partial charge in [-0.2, -0.15) is 0 Å². The molecule has 1 aliphatic rings. The van der Waals surface area contributed by atoms with Gasteiger partial charge in [-0.25, -0.2) is 0 Å². The lowest BCUT2D eigenvalue weighted by molar-refractivity contribution is 0.0961. The Bertz CT molecular complexity index is 279. The first-order valence-electron chi connectivity index (χ1n) is 5.13. The highest BCUT2D eigenvalue weighted by Gasteiger charge is 2.18. The van der Waals surface area contributed by atoms with Crippen LogP contribution in [0.4, 0.5) is 0 Å². The Labute approximate surface area is 85.9 Å². The number of hydrogen-bond acceptors (Lipinski definition) is 2. The van der Waals surface area contributed by atoms with Crippen molar-refractivity contribution in [2.24, 2.45) is 0 Å². The largest absolute Gasteiger partial charge is 0.485 e. The summed E-state index contributed by atoms with van der Waals surface area (Å²) < 4.78 is 5.06. The third kappa shape index (κ3) is 2.87. The van der Waals surface area contributed by atoms with Crippen molar-refractivity contribution in [3.8, 4) is 5.75 Å². The van der Waals surface area contributed by atoms with Gasteiger partial charge in [0.2, 0.25) is 5.78 Å². The van der Waals surface area contributed by atoms with E-state index in [0.717, 1.165) is 0 Å². The van der Waals surface area contributed by atoms with Gasteiger partial charge < -0.3 is 4.74 Å². The molecule has 1 aliphatic heterocycles. The summed E-state index contributed by atoms with van der Waals surface area (Å²) in [7, 11) is 0. The summed E-state index contributed by atoms with van der Waals surface area (Å²) in [6.45, 7) is 8.21. The molecule has 2 rings (SSSR count). The second-order valence-corrected chi connectivity index (χ2v) is 2.21. The quantitative estimate of drug-likeness (QED) is 0.633. The SMILES string of the molecule is CC.CC.O=C1COc2ccccc21. The summed E-state index contributed by atoms with van der Waals surface area (Å²) >= 11 is 0. The number of hydrogen-bond donors (Lipinski definition) is 0. The molecule has 14 heavy (non-hydrogen) atoms. The predicted octanol–water partition coefficient (Wildman–Crippen LogP) is 3.31.